The summed E-state index contributed by atoms with van der Waals surface area (Å²) in [6.07, 6.45) is 2.56. The summed E-state index contributed by atoms with van der Waals surface area (Å²) in [5.74, 6) is -0.163. The van der Waals surface area contributed by atoms with E-state index in [-0.39, 0.29) is 28.3 Å². The van der Waals surface area contributed by atoms with E-state index in [1.165, 1.54) is 24.6 Å². The predicted molar refractivity (Wildman–Crippen MR) is 105 cm³/mol. The monoisotopic (exact) mass is 428 g/mol. The molecule has 4 nitrogen and oxygen atoms in total. The number of halogens is 4. The van der Waals surface area contributed by atoms with Gasteiger partial charge < -0.3 is 9.80 Å². The number of likely N-dealkylation sites (tertiary alicyclic amines) is 2. The Morgan fingerprint density at radius 3 is 2.28 bits per heavy atom. The van der Waals surface area contributed by atoms with E-state index in [2.05, 4.69) is 0 Å². The van der Waals surface area contributed by atoms with E-state index in [1.807, 2.05) is 4.90 Å². The lowest BCUT2D eigenvalue weighted by atomic mass is 9.94. The van der Waals surface area contributed by atoms with E-state index in [9.17, 15) is 22.8 Å². The van der Waals surface area contributed by atoms with Crippen LogP contribution in [0.2, 0.25) is 5.02 Å². The molecule has 2 saturated heterocycles. The van der Waals surface area contributed by atoms with Crippen molar-refractivity contribution >= 4 is 29.5 Å². The Morgan fingerprint density at radius 2 is 1.66 bits per heavy atom. The number of alkyl halides is 3. The van der Waals surface area contributed by atoms with Crippen LogP contribution < -0.4 is 0 Å². The SMILES string of the molecule is O=C(/C=C/c1cc(C(F)(F)F)ccc1Cl)N1CCC(C(=O)N2CCCCC2)CC1. The fourth-order valence-electron chi connectivity index (χ4n) is 3.83. The van der Waals surface area contributed by atoms with E-state index in [4.69, 9.17) is 11.6 Å². The normalized spacial score (nSPS) is 19.0. The molecule has 0 radical (unpaired) electrons. The molecule has 2 aliphatic rings. The van der Waals surface area contributed by atoms with Crippen LogP contribution in [0.5, 0.6) is 0 Å². The highest BCUT2D eigenvalue weighted by atomic mass is 35.5. The quantitative estimate of drug-likeness (QED) is 0.659. The van der Waals surface area contributed by atoms with Crippen molar-refractivity contribution in [2.24, 2.45) is 5.92 Å². The predicted octanol–water partition coefficient (Wildman–Crippen LogP) is 4.62. The standard InChI is InChI=1S/C21H24ClF3N2O2/c22-18-6-5-17(21(23,24)25)14-16(18)4-7-19(28)26-12-8-15(9-13-26)20(29)27-10-2-1-3-11-27/h4-7,14-15H,1-3,8-13H2/b7-4+. The summed E-state index contributed by atoms with van der Waals surface area (Å²) in [7, 11) is 0. The molecule has 2 amide bonds. The molecule has 2 aliphatic heterocycles. The van der Waals surface area contributed by atoms with E-state index < -0.39 is 11.7 Å². The van der Waals surface area contributed by atoms with E-state index >= 15 is 0 Å². The minimum Gasteiger partial charge on any atom is -0.342 e. The third kappa shape index (κ3) is 5.53. The molecular formula is C21H24ClF3N2O2. The van der Waals surface area contributed by atoms with Crippen LogP contribution in [-0.4, -0.2) is 47.8 Å². The molecule has 0 N–H and O–H groups in total. The molecule has 0 bridgehead atoms. The van der Waals surface area contributed by atoms with Gasteiger partial charge in [-0.15, -0.1) is 0 Å². The fourth-order valence-corrected chi connectivity index (χ4v) is 4.01. The van der Waals surface area contributed by atoms with Gasteiger partial charge >= 0.3 is 6.18 Å². The second-order valence-corrected chi connectivity index (χ2v) is 7.96. The fraction of sp³-hybridized carbons (Fsp3) is 0.524. The maximum Gasteiger partial charge on any atom is 0.416 e. The van der Waals surface area contributed by atoms with Crippen molar-refractivity contribution in [3.8, 4) is 0 Å². The lowest BCUT2D eigenvalue weighted by molar-refractivity contribution is -0.140. The van der Waals surface area contributed by atoms with Crippen LogP contribution >= 0.6 is 11.6 Å². The second kappa shape index (κ2) is 9.20. The number of carbonyl (C=O) groups excluding carboxylic acids is 2. The first-order valence-electron chi connectivity index (χ1n) is 9.88. The Kier molecular flexibility index (Phi) is 6.88. The zero-order valence-corrected chi connectivity index (χ0v) is 16.8. The largest absolute Gasteiger partial charge is 0.416 e. The van der Waals surface area contributed by atoms with Crippen molar-refractivity contribution in [1.29, 1.82) is 0 Å². The van der Waals surface area contributed by atoms with Crippen LogP contribution in [-0.2, 0) is 15.8 Å². The maximum atomic E-state index is 12.9. The molecule has 2 fully saturated rings. The maximum absolute atomic E-state index is 12.9. The van der Waals surface area contributed by atoms with E-state index in [1.54, 1.807) is 4.90 Å². The molecule has 0 atom stereocenters. The molecule has 1 aromatic rings. The highest BCUT2D eigenvalue weighted by molar-refractivity contribution is 6.32. The first kappa shape index (κ1) is 21.7. The smallest absolute Gasteiger partial charge is 0.342 e. The van der Waals surface area contributed by atoms with Gasteiger partial charge in [-0.25, -0.2) is 0 Å². The summed E-state index contributed by atoms with van der Waals surface area (Å²) in [6.45, 7) is 2.56. The number of amides is 2. The van der Waals surface area contributed by atoms with Gasteiger partial charge in [-0.1, -0.05) is 11.6 Å². The molecule has 0 saturated carbocycles. The lowest BCUT2D eigenvalue weighted by Crippen LogP contribution is -2.45. The molecule has 0 unspecified atom stereocenters. The molecule has 1 aromatic carbocycles. The van der Waals surface area contributed by atoms with Gasteiger partial charge in [0, 0.05) is 43.2 Å². The molecule has 0 aliphatic carbocycles. The molecule has 0 spiro atoms. The zero-order valence-electron chi connectivity index (χ0n) is 16.1. The van der Waals surface area contributed by atoms with Crippen LogP contribution in [0, 0.1) is 5.92 Å². The zero-order chi connectivity index (χ0) is 21.0. The van der Waals surface area contributed by atoms with Gasteiger partial charge in [0.25, 0.3) is 0 Å². The topological polar surface area (TPSA) is 40.6 Å². The van der Waals surface area contributed by atoms with Crippen LogP contribution in [0.25, 0.3) is 6.08 Å². The Bertz CT molecular complexity index is 781. The van der Waals surface area contributed by atoms with E-state index in [0.717, 1.165) is 38.1 Å². The van der Waals surface area contributed by atoms with Crippen molar-refractivity contribution in [2.75, 3.05) is 26.2 Å². The van der Waals surface area contributed by atoms with Gasteiger partial charge in [0.15, 0.2) is 0 Å². The second-order valence-electron chi connectivity index (χ2n) is 7.55. The number of piperidine rings is 2. The number of hydrogen-bond acceptors (Lipinski definition) is 2. The highest BCUT2D eigenvalue weighted by Crippen LogP contribution is 2.32. The molecule has 2 heterocycles. The summed E-state index contributed by atoms with van der Waals surface area (Å²) in [4.78, 5) is 28.6. The van der Waals surface area contributed by atoms with Crippen molar-refractivity contribution in [2.45, 2.75) is 38.3 Å². The van der Waals surface area contributed by atoms with Crippen LogP contribution in [0.3, 0.4) is 0 Å². The van der Waals surface area contributed by atoms with Crippen molar-refractivity contribution in [3.63, 3.8) is 0 Å². The minimum atomic E-state index is -4.47. The minimum absolute atomic E-state index is 0.0564. The molecular weight excluding hydrogens is 405 g/mol. The third-order valence-corrected chi connectivity index (χ3v) is 5.90. The summed E-state index contributed by atoms with van der Waals surface area (Å²) < 4.78 is 38.6. The summed E-state index contributed by atoms with van der Waals surface area (Å²) in [5, 5.41) is 0.146. The number of benzene rings is 1. The molecule has 158 valence electrons. The molecule has 8 heteroatoms. The average Bonchev–Trinajstić information content (AvgIpc) is 2.72. The Labute approximate surface area is 173 Å². The van der Waals surface area contributed by atoms with Gasteiger partial charge in [-0.3, -0.25) is 9.59 Å². The number of nitrogens with zero attached hydrogens (tertiary/aromatic N) is 2. The Hall–Kier alpha value is -2.02. The van der Waals surface area contributed by atoms with Crippen LogP contribution in [0.1, 0.15) is 43.2 Å². The summed E-state index contributed by atoms with van der Waals surface area (Å²) in [6, 6.07) is 3.01. The Morgan fingerprint density at radius 1 is 1.00 bits per heavy atom. The van der Waals surface area contributed by atoms with Gasteiger partial charge in [0.05, 0.1) is 5.56 Å². The van der Waals surface area contributed by atoms with Crippen molar-refractivity contribution in [3.05, 3.63) is 40.4 Å². The third-order valence-electron chi connectivity index (χ3n) is 5.55. The molecule has 29 heavy (non-hydrogen) atoms. The molecule has 3 rings (SSSR count). The molecule has 0 aromatic heterocycles. The van der Waals surface area contributed by atoms with Gasteiger partial charge in [0.1, 0.15) is 0 Å². The summed E-state index contributed by atoms with van der Waals surface area (Å²) >= 11 is 5.96. The van der Waals surface area contributed by atoms with E-state index in [0.29, 0.717) is 25.9 Å². The van der Waals surface area contributed by atoms with Gasteiger partial charge in [-0.2, -0.15) is 13.2 Å². The first-order valence-corrected chi connectivity index (χ1v) is 10.3. The van der Waals surface area contributed by atoms with Gasteiger partial charge in [0.2, 0.25) is 11.8 Å². The first-order chi connectivity index (χ1) is 13.8. The average molecular weight is 429 g/mol. The van der Waals surface area contributed by atoms with Crippen molar-refractivity contribution < 1.29 is 22.8 Å². The highest BCUT2D eigenvalue weighted by Gasteiger charge is 2.31. The van der Waals surface area contributed by atoms with Crippen LogP contribution in [0.15, 0.2) is 24.3 Å². The lowest BCUT2D eigenvalue weighted by Gasteiger charge is -2.35. The van der Waals surface area contributed by atoms with Crippen LogP contribution in [0.4, 0.5) is 13.2 Å². The number of hydrogen-bond donors (Lipinski definition) is 0. The van der Waals surface area contributed by atoms with Gasteiger partial charge in [-0.05, 0) is 61.9 Å². The Balaban J connectivity index is 1.56. The number of carbonyl (C=O) groups is 2. The van der Waals surface area contributed by atoms with Crippen molar-refractivity contribution in [1.82, 2.24) is 9.80 Å². The summed E-state index contributed by atoms with van der Waals surface area (Å²) in [5.41, 5.74) is -0.670. The number of rotatable bonds is 3.